The summed E-state index contributed by atoms with van der Waals surface area (Å²) in [5.74, 6) is -0.508. The summed E-state index contributed by atoms with van der Waals surface area (Å²) in [6.45, 7) is 3.40. The molecular weight excluding hydrogens is 586 g/mol. The van der Waals surface area contributed by atoms with E-state index in [1.54, 1.807) is 30.3 Å². The van der Waals surface area contributed by atoms with E-state index in [0.29, 0.717) is 6.42 Å². The van der Waals surface area contributed by atoms with Gasteiger partial charge in [-0.1, -0.05) is 85.8 Å². The highest BCUT2D eigenvalue weighted by Crippen LogP contribution is 2.35. The van der Waals surface area contributed by atoms with Crippen molar-refractivity contribution in [2.75, 3.05) is 18.0 Å². The number of ether oxygens (including phenoxy) is 1. The first-order valence-corrected chi connectivity index (χ1v) is 16.5. The number of hydrogen-bond acceptors (Lipinski definition) is 5. The van der Waals surface area contributed by atoms with Crippen LogP contribution in [0.1, 0.15) is 56.6 Å². The lowest BCUT2D eigenvalue weighted by atomic mass is 9.95. The molecule has 0 heterocycles. The zero-order chi connectivity index (χ0) is 31.0. The molecule has 8 nitrogen and oxygen atoms in total. The van der Waals surface area contributed by atoms with Gasteiger partial charge in [-0.2, -0.15) is 0 Å². The molecule has 0 spiro atoms. The lowest BCUT2D eigenvalue weighted by Gasteiger charge is -2.34. The summed E-state index contributed by atoms with van der Waals surface area (Å²) in [5, 5.41) is 3.45. The predicted octanol–water partition coefficient (Wildman–Crippen LogP) is 6.11. The number of nitrogens with zero attached hydrogens (tertiary/aromatic N) is 2. The van der Waals surface area contributed by atoms with Crippen LogP contribution in [0.15, 0.2) is 77.7 Å². The second-order valence-corrected chi connectivity index (χ2v) is 13.2. The van der Waals surface area contributed by atoms with E-state index >= 15 is 0 Å². The Bertz CT molecular complexity index is 1510. The van der Waals surface area contributed by atoms with E-state index in [9.17, 15) is 18.0 Å². The third-order valence-corrected chi connectivity index (χ3v) is 9.80. The molecule has 0 aromatic heterocycles. The molecule has 0 bridgehead atoms. The predicted molar refractivity (Wildman–Crippen MR) is 170 cm³/mol. The number of halogens is 1. The SMILES string of the molecule is CCC(C(=O)NC1CCCCC1)N(Cc1cccc(C)c1)C(=O)CN(c1cc(Cl)ccc1OC)S(=O)(=O)c1ccccc1. The van der Waals surface area contributed by atoms with Crippen molar-refractivity contribution in [3.05, 3.63) is 88.9 Å². The smallest absolute Gasteiger partial charge is 0.264 e. The number of amides is 2. The number of rotatable bonds is 12. The van der Waals surface area contributed by atoms with E-state index < -0.39 is 28.5 Å². The Kier molecular flexibility index (Phi) is 11.1. The van der Waals surface area contributed by atoms with Gasteiger partial charge < -0.3 is 15.0 Å². The Labute approximate surface area is 260 Å². The summed E-state index contributed by atoms with van der Waals surface area (Å²) in [5.41, 5.74) is 1.99. The van der Waals surface area contributed by atoms with Crippen LogP contribution >= 0.6 is 11.6 Å². The van der Waals surface area contributed by atoms with Crippen LogP contribution < -0.4 is 14.4 Å². The molecule has 230 valence electrons. The summed E-state index contributed by atoms with van der Waals surface area (Å²) in [6, 6.07) is 19.5. The number of nitrogens with one attached hydrogen (secondary N) is 1. The maximum atomic E-state index is 14.3. The lowest BCUT2D eigenvalue weighted by Crippen LogP contribution is -2.54. The monoisotopic (exact) mass is 625 g/mol. The van der Waals surface area contributed by atoms with Crippen molar-refractivity contribution in [1.29, 1.82) is 0 Å². The molecule has 3 aromatic carbocycles. The molecule has 43 heavy (non-hydrogen) atoms. The minimum absolute atomic E-state index is 0.0112. The second-order valence-electron chi connectivity index (χ2n) is 10.9. The van der Waals surface area contributed by atoms with Crippen LogP contribution in [-0.2, 0) is 26.2 Å². The summed E-state index contributed by atoms with van der Waals surface area (Å²) in [7, 11) is -2.82. The molecule has 1 saturated carbocycles. The third kappa shape index (κ3) is 8.09. The number of carbonyl (C=O) groups excluding carboxylic acids is 2. The van der Waals surface area contributed by atoms with Crippen LogP contribution in [0, 0.1) is 6.92 Å². The fraction of sp³-hybridized carbons (Fsp3) is 0.394. The molecular formula is C33H40ClN3O5S. The molecule has 1 unspecified atom stereocenters. The largest absolute Gasteiger partial charge is 0.495 e. The molecule has 3 aromatic rings. The fourth-order valence-electron chi connectivity index (χ4n) is 5.56. The zero-order valence-electron chi connectivity index (χ0n) is 25.0. The maximum absolute atomic E-state index is 14.3. The van der Waals surface area contributed by atoms with Gasteiger partial charge in [-0.05, 0) is 62.1 Å². The second kappa shape index (κ2) is 14.8. The first kappa shape index (κ1) is 32.4. The number of methoxy groups -OCH3 is 1. The minimum atomic E-state index is -4.24. The Morgan fingerprint density at radius 1 is 1.00 bits per heavy atom. The standard InChI is InChI=1S/C33H40ClN3O5S/c1-4-29(33(39)35-27-14-7-5-8-15-27)36(22-25-13-11-12-24(2)20-25)32(38)23-37(30-21-26(34)18-19-31(30)42-3)43(40,41)28-16-9-6-10-17-28/h6,9-13,16-21,27,29H,4-5,7-8,14-15,22-23H2,1-3H3,(H,35,39). The van der Waals surface area contributed by atoms with Gasteiger partial charge >= 0.3 is 0 Å². The van der Waals surface area contributed by atoms with Crippen molar-refractivity contribution >= 4 is 39.1 Å². The van der Waals surface area contributed by atoms with Crippen molar-refractivity contribution in [2.45, 2.75) is 75.9 Å². The number of aryl methyl sites for hydroxylation is 1. The van der Waals surface area contributed by atoms with Crippen LogP contribution in [0.25, 0.3) is 0 Å². The van der Waals surface area contributed by atoms with Crippen molar-refractivity contribution in [3.8, 4) is 5.75 Å². The van der Waals surface area contributed by atoms with E-state index in [1.807, 2.05) is 38.1 Å². The quantitative estimate of drug-likeness (QED) is 0.262. The van der Waals surface area contributed by atoms with Gasteiger partial charge in [0.2, 0.25) is 11.8 Å². The van der Waals surface area contributed by atoms with Gasteiger partial charge in [0.05, 0.1) is 17.7 Å². The van der Waals surface area contributed by atoms with Crippen LogP contribution in [-0.4, -0.2) is 50.9 Å². The van der Waals surface area contributed by atoms with Crippen molar-refractivity contribution in [1.82, 2.24) is 10.2 Å². The van der Waals surface area contributed by atoms with E-state index in [1.165, 1.54) is 30.2 Å². The Morgan fingerprint density at radius 3 is 2.37 bits per heavy atom. The van der Waals surface area contributed by atoms with Crippen LogP contribution in [0.5, 0.6) is 5.75 Å². The first-order chi connectivity index (χ1) is 20.6. The van der Waals surface area contributed by atoms with Gasteiger partial charge in [0.1, 0.15) is 18.3 Å². The van der Waals surface area contributed by atoms with Crippen LogP contribution in [0.4, 0.5) is 5.69 Å². The zero-order valence-corrected chi connectivity index (χ0v) is 26.5. The average Bonchev–Trinajstić information content (AvgIpc) is 3.00. The van der Waals surface area contributed by atoms with E-state index in [-0.39, 0.29) is 39.8 Å². The molecule has 0 aliphatic heterocycles. The molecule has 0 saturated heterocycles. The van der Waals surface area contributed by atoms with E-state index in [0.717, 1.165) is 47.5 Å². The Morgan fingerprint density at radius 2 is 1.72 bits per heavy atom. The molecule has 4 rings (SSSR count). The van der Waals surface area contributed by atoms with E-state index in [4.69, 9.17) is 16.3 Å². The van der Waals surface area contributed by atoms with Gasteiger partial charge in [-0.15, -0.1) is 0 Å². The molecule has 2 amide bonds. The summed E-state index contributed by atoms with van der Waals surface area (Å²) in [4.78, 5) is 29.5. The number of anilines is 1. The highest BCUT2D eigenvalue weighted by Gasteiger charge is 2.35. The van der Waals surface area contributed by atoms with Crippen LogP contribution in [0.2, 0.25) is 5.02 Å². The molecule has 10 heteroatoms. The van der Waals surface area contributed by atoms with Crippen molar-refractivity contribution < 1.29 is 22.7 Å². The highest BCUT2D eigenvalue weighted by molar-refractivity contribution is 7.92. The summed E-state index contributed by atoms with van der Waals surface area (Å²) in [6.07, 6.45) is 5.45. The summed E-state index contributed by atoms with van der Waals surface area (Å²) < 4.78 is 34.7. The molecule has 1 N–H and O–H groups in total. The first-order valence-electron chi connectivity index (χ1n) is 14.7. The summed E-state index contributed by atoms with van der Waals surface area (Å²) >= 11 is 6.32. The molecule has 1 atom stereocenters. The number of carbonyl (C=O) groups is 2. The molecule has 1 aliphatic carbocycles. The van der Waals surface area contributed by atoms with Gasteiger partial charge in [0, 0.05) is 17.6 Å². The van der Waals surface area contributed by atoms with Crippen molar-refractivity contribution in [3.63, 3.8) is 0 Å². The highest BCUT2D eigenvalue weighted by atomic mass is 35.5. The van der Waals surface area contributed by atoms with Crippen molar-refractivity contribution in [2.24, 2.45) is 0 Å². The molecule has 1 aliphatic rings. The van der Waals surface area contributed by atoms with Gasteiger partial charge in [-0.3, -0.25) is 13.9 Å². The Balaban J connectivity index is 1.75. The Hall–Kier alpha value is -3.56. The topological polar surface area (TPSA) is 96.0 Å². The molecule has 1 fully saturated rings. The van der Waals surface area contributed by atoms with Gasteiger partial charge in [0.25, 0.3) is 10.0 Å². The lowest BCUT2D eigenvalue weighted by molar-refractivity contribution is -0.140. The minimum Gasteiger partial charge on any atom is -0.495 e. The fourth-order valence-corrected chi connectivity index (χ4v) is 7.17. The maximum Gasteiger partial charge on any atom is 0.264 e. The van der Waals surface area contributed by atoms with Crippen LogP contribution in [0.3, 0.4) is 0 Å². The van der Waals surface area contributed by atoms with Gasteiger partial charge in [0.15, 0.2) is 0 Å². The van der Waals surface area contributed by atoms with E-state index in [2.05, 4.69) is 5.32 Å². The number of sulfonamides is 1. The number of benzene rings is 3. The molecule has 0 radical (unpaired) electrons. The average molecular weight is 626 g/mol. The van der Waals surface area contributed by atoms with Gasteiger partial charge in [-0.25, -0.2) is 8.42 Å². The normalized spacial score (nSPS) is 14.5. The number of hydrogen-bond donors (Lipinski definition) is 1. The third-order valence-electron chi connectivity index (χ3n) is 7.79.